The van der Waals surface area contributed by atoms with Gasteiger partial charge in [-0.25, -0.2) is 4.68 Å². The van der Waals surface area contributed by atoms with Crippen LogP contribution in [0.4, 0.5) is 22.9 Å². The van der Waals surface area contributed by atoms with Crippen molar-refractivity contribution in [1.82, 2.24) is 9.78 Å². The molecule has 150 valence electrons. The molecule has 1 aromatic heterocycles. The predicted molar refractivity (Wildman–Crippen MR) is 122 cm³/mol. The maximum atomic E-state index is 13.1. The van der Waals surface area contributed by atoms with Gasteiger partial charge in [0.1, 0.15) is 5.69 Å². The topological polar surface area (TPSA) is 99.0 Å². The van der Waals surface area contributed by atoms with Crippen LogP contribution in [0.2, 0.25) is 5.02 Å². The molecule has 0 spiro atoms. The summed E-state index contributed by atoms with van der Waals surface area (Å²) in [6.45, 7) is 1.96. The molecule has 0 bridgehead atoms. The molecule has 6 nitrogen and oxygen atoms in total. The van der Waals surface area contributed by atoms with Crippen LogP contribution in [0, 0.1) is 6.92 Å². The normalized spacial score (nSPS) is 10.7. The standard InChI is InChI=1S/C23H20ClN5O/c1-14-5-7-15(8-6-14)22(30)21-20(26)23(27-18-4-2-3-17(25)13-18)29(28-21)19-11-9-16(24)10-12-19/h2-13,27H,25-26H2,1H3. The molecule has 0 radical (unpaired) electrons. The molecule has 4 rings (SSSR count). The number of aromatic nitrogens is 2. The summed E-state index contributed by atoms with van der Waals surface area (Å²) >= 11 is 6.03. The first-order valence-corrected chi connectivity index (χ1v) is 9.68. The summed E-state index contributed by atoms with van der Waals surface area (Å²) in [5.74, 6) is 0.217. The van der Waals surface area contributed by atoms with Gasteiger partial charge in [0.25, 0.3) is 0 Å². The van der Waals surface area contributed by atoms with Gasteiger partial charge < -0.3 is 16.8 Å². The second-order valence-electron chi connectivity index (χ2n) is 6.94. The minimum atomic E-state index is -0.254. The first kappa shape index (κ1) is 19.5. The van der Waals surface area contributed by atoms with Crippen LogP contribution in [0.15, 0.2) is 72.8 Å². The van der Waals surface area contributed by atoms with Gasteiger partial charge in [0.05, 0.1) is 5.69 Å². The summed E-state index contributed by atoms with van der Waals surface area (Å²) in [6, 6.07) is 21.7. The van der Waals surface area contributed by atoms with Crippen LogP contribution in [-0.4, -0.2) is 15.6 Å². The number of carbonyl (C=O) groups excluding carboxylic acids is 1. The number of rotatable bonds is 5. The van der Waals surface area contributed by atoms with Crippen molar-refractivity contribution in [3.63, 3.8) is 0 Å². The van der Waals surface area contributed by atoms with Crippen LogP contribution in [0.1, 0.15) is 21.6 Å². The lowest BCUT2D eigenvalue weighted by Gasteiger charge is -2.11. The Morgan fingerprint density at radius 3 is 2.37 bits per heavy atom. The number of nitrogen functional groups attached to an aromatic ring is 2. The Balaban J connectivity index is 1.83. The predicted octanol–water partition coefficient (Wildman–Crippen LogP) is 4.97. The molecule has 30 heavy (non-hydrogen) atoms. The van der Waals surface area contributed by atoms with E-state index in [1.807, 2.05) is 31.2 Å². The number of aryl methyl sites for hydroxylation is 1. The molecule has 0 aliphatic rings. The Labute approximate surface area is 179 Å². The largest absolute Gasteiger partial charge is 0.399 e. The average molecular weight is 418 g/mol. The summed E-state index contributed by atoms with van der Waals surface area (Å²) in [5.41, 5.74) is 16.3. The number of carbonyl (C=O) groups is 1. The van der Waals surface area contributed by atoms with Crippen molar-refractivity contribution >= 4 is 40.3 Å². The van der Waals surface area contributed by atoms with E-state index in [1.54, 1.807) is 53.2 Å². The smallest absolute Gasteiger partial charge is 0.215 e. The van der Waals surface area contributed by atoms with Gasteiger partial charge in [-0.2, -0.15) is 5.10 Å². The molecular formula is C23H20ClN5O. The first-order valence-electron chi connectivity index (χ1n) is 9.31. The number of hydrogen-bond acceptors (Lipinski definition) is 5. The maximum absolute atomic E-state index is 13.1. The van der Waals surface area contributed by atoms with Gasteiger partial charge in [0.2, 0.25) is 5.78 Å². The zero-order valence-electron chi connectivity index (χ0n) is 16.3. The lowest BCUT2D eigenvalue weighted by molar-refractivity contribution is 0.103. The highest BCUT2D eigenvalue weighted by atomic mass is 35.5. The number of benzene rings is 3. The number of ketones is 1. The molecule has 7 heteroatoms. The molecule has 1 heterocycles. The number of nitrogens with one attached hydrogen (secondary N) is 1. The van der Waals surface area contributed by atoms with E-state index in [0.717, 1.165) is 11.3 Å². The summed E-state index contributed by atoms with van der Waals surface area (Å²) in [5, 5.41) is 8.37. The maximum Gasteiger partial charge on any atom is 0.215 e. The number of nitrogens with two attached hydrogens (primary N) is 2. The van der Waals surface area contributed by atoms with Crippen LogP contribution in [-0.2, 0) is 0 Å². The van der Waals surface area contributed by atoms with Crippen LogP contribution in [0.25, 0.3) is 5.69 Å². The third kappa shape index (κ3) is 3.86. The monoisotopic (exact) mass is 417 g/mol. The summed E-state index contributed by atoms with van der Waals surface area (Å²) < 4.78 is 1.59. The van der Waals surface area contributed by atoms with Gasteiger partial charge in [-0.15, -0.1) is 0 Å². The van der Waals surface area contributed by atoms with E-state index in [2.05, 4.69) is 10.4 Å². The quantitative estimate of drug-likeness (QED) is 0.314. The van der Waals surface area contributed by atoms with E-state index in [9.17, 15) is 4.79 Å². The zero-order chi connectivity index (χ0) is 21.3. The van der Waals surface area contributed by atoms with Crippen molar-refractivity contribution in [2.24, 2.45) is 0 Å². The molecule has 0 amide bonds. The minimum Gasteiger partial charge on any atom is -0.399 e. The molecule has 0 atom stereocenters. The van der Waals surface area contributed by atoms with Crippen LogP contribution >= 0.6 is 11.6 Å². The van der Waals surface area contributed by atoms with E-state index in [1.165, 1.54) is 0 Å². The molecule has 0 unspecified atom stereocenters. The molecule has 0 saturated carbocycles. The molecule has 3 aromatic carbocycles. The summed E-state index contributed by atoms with van der Waals surface area (Å²) in [6.07, 6.45) is 0. The van der Waals surface area contributed by atoms with Gasteiger partial charge >= 0.3 is 0 Å². The highest BCUT2D eigenvalue weighted by Gasteiger charge is 2.23. The highest BCUT2D eigenvalue weighted by Crippen LogP contribution is 2.31. The van der Waals surface area contributed by atoms with Crippen LogP contribution in [0.3, 0.4) is 0 Å². The van der Waals surface area contributed by atoms with E-state index in [-0.39, 0.29) is 17.2 Å². The summed E-state index contributed by atoms with van der Waals surface area (Å²) in [7, 11) is 0. The lowest BCUT2D eigenvalue weighted by atomic mass is 10.1. The fraction of sp³-hybridized carbons (Fsp3) is 0.0435. The van der Waals surface area contributed by atoms with E-state index in [0.29, 0.717) is 27.8 Å². The average Bonchev–Trinajstić information content (AvgIpc) is 3.05. The first-order chi connectivity index (χ1) is 14.4. The van der Waals surface area contributed by atoms with Crippen molar-refractivity contribution in [1.29, 1.82) is 0 Å². The Kier molecular flexibility index (Phi) is 5.16. The minimum absolute atomic E-state index is 0.167. The molecule has 5 N–H and O–H groups in total. The van der Waals surface area contributed by atoms with Crippen LogP contribution < -0.4 is 16.8 Å². The van der Waals surface area contributed by atoms with E-state index in [4.69, 9.17) is 23.1 Å². The van der Waals surface area contributed by atoms with Crippen molar-refractivity contribution in [3.05, 3.63) is 94.6 Å². The van der Waals surface area contributed by atoms with Gasteiger partial charge in [0.15, 0.2) is 11.5 Å². The van der Waals surface area contributed by atoms with Gasteiger partial charge in [-0.3, -0.25) is 4.79 Å². The third-order valence-electron chi connectivity index (χ3n) is 4.67. The van der Waals surface area contributed by atoms with Crippen molar-refractivity contribution < 1.29 is 4.79 Å². The fourth-order valence-corrected chi connectivity index (χ4v) is 3.21. The summed E-state index contributed by atoms with van der Waals surface area (Å²) in [4.78, 5) is 13.1. The van der Waals surface area contributed by atoms with Crippen molar-refractivity contribution in [2.45, 2.75) is 6.92 Å². The SMILES string of the molecule is Cc1ccc(C(=O)c2nn(-c3ccc(Cl)cc3)c(Nc3cccc(N)c3)c2N)cc1. The van der Waals surface area contributed by atoms with Gasteiger partial charge in [0, 0.05) is 22.0 Å². The second-order valence-corrected chi connectivity index (χ2v) is 7.38. The second kappa shape index (κ2) is 7.93. The molecule has 4 aromatic rings. The van der Waals surface area contributed by atoms with E-state index < -0.39 is 0 Å². The molecular weight excluding hydrogens is 398 g/mol. The zero-order valence-corrected chi connectivity index (χ0v) is 17.0. The van der Waals surface area contributed by atoms with Gasteiger partial charge in [-0.1, -0.05) is 47.5 Å². The Morgan fingerprint density at radius 1 is 1.00 bits per heavy atom. The number of halogens is 1. The lowest BCUT2D eigenvalue weighted by Crippen LogP contribution is -2.06. The number of anilines is 4. The Bertz CT molecular complexity index is 1210. The molecule has 0 aliphatic carbocycles. The Hall–Kier alpha value is -3.77. The molecule has 0 aliphatic heterocycles. The Morgan fingerprint density at radius 2 is 1.70 bits per heavy atom. The van der Waals surface area contributed by atoms with Crippen molar-refractivity contribution in [2.75, 3.05) is 16.8 Å². The van der Waals surface area contributed by atoms with Crippen LogP contribution in [0.5, 0.6) is 0 Å². The van der Waals surface area contributed by atoms with E-state index >= 15 is 0 Å². The molecule has 0 saturated heterocycles. The van der Waals surface area contributed by atoms with Crippen molar-refractivity contribution in [3.8, 4) is 5.69 Å². The molecule has 0 fully saturated rings. The third-order valence-corrected chi connectivity index (χ3v) is 4.92. The number of hydrogen-bond donors (Lipinski definition) is 3. The van der Waals surface area contributed by atoms with Gasteiger partial charge in [-0.05, 0) is 49.4 Å². The highest BCUT2D eigenvalue weighted by molar-refractivity contribution is 6.30. The number of nitrogens with zero attached hydrogens (tertiary/aromatic N) is 2. The fourth-order valence-electron chi connectivity index (χ4n) is 3.08.